The minimum absolute atomic E-state index is 0.159. The van der Waals surface area contributed by atoms with E-state index in [-0.39, 0.29) is 11.7 Å². The number of fused-ring (bicyclic) bond motifs is 1. The van der Waals surface area contributed by atoms with E-state index in [2.05, 4.69) is 25.4 Å². The molecular formula is C15H14F2N6O. The van der Waals surface area contributed by atoms with Crippen LogP contribution in [0.5, 0.6) is 0 Å². The van der Waals surface area contributed by atoms with Crippen molar-refractivity contribution in [3.8, 4) is 5.82 Å². The third-order valence-corrected chi connectivity index (χ3v) is 3.34. The number of anilines is 1. The molecule has 0 radical (unpaired) electrons. The molecule has 124 valence electrons. The minimum atomic E-state index is -3.11. The fourth-order valence-corrected chi connectivity index (χ4v) is 2.25. The maximum absolute atomic E-state index is 13.5. The molecule has 1 N–H and O–H groups in total. The maximum Gasteiger partial charge on any atom is 0.288 e. The molecule has 3 aromatic heterocycles. The molecule has 0 unspecified atom stereocenters. The highest BCUT2D eigenvalue weighted by atomic mass is 19.3. The van der Waals surface area contributed by atoms with Gasteiger partial charge in [0.2, 0.25) is 5.91 Å². The van der Waals surface area contributed by atoms with Gasteiger partial charge in [-0.25, -0.2) is 14.6 Å². The summed E-state index contributed by atoms with van der Waals surface area (Å²) >= 11 is 0. The Morgan fingerprint density at radius 3 is 2.71 bits per heavy atom. The number of nitrogens with zero attached hydrogens (tertiary/aromatic N) is 5. The summed E-state index contributed by atoms with van der Waals surface area (Å²) in [5.74, 6) is -2.88. The Hall–Kier alpha value is -2.97. The lowest BCUT2D eigenvalue weighted by Crippen LogP contribution is -2.13. The Morgan fingerprint density at radius 2 is 2.04 bits per heavy atom. The first kappa shape index (κ1) is 15.9. The Labute approximate surface area is 135 Å². The summed E-state index contributed by atoms with van der Waals surface area (Å²) in [7, 11) is 0. The molecule has 7 nitrogen and oxygen atoms in total. The van der Waals surface area contributed by atoms with Crippen molar-refractivity contribution < 1.29 is 13.6 Å². The van der Waals surface area contributed by atoms with Gasteiger partial charge in [-0.3, -0.25) is 9.78 Å². The van der Waals surface area contributed by atoms with Crippen LogP contribution in [-0.4, -0.2) is 30.6 Å². The van der Waals surface area contributed by atoms with E-state index in [0.29, 0.717) is 17.0 Å². The summed E-state index contributed by atoms with van der Waals surface area (Å²) < 4.78 is 28.4. The first-order valence-electron chi connectivity index (χ1n) is 7.09. The number of aryl methyl sites for hydroxylation is 1. The van der Waals surface area contributed by atoms with E-state index in [4.69, 9.17) is 0 Å². The smallest absolute Gasteiger partial charge is 0.288 e. The fourth-order valence-electron chi connectivity index (χ4n) is 2.25. The molecule has 3 rings (SSSR count). The van der Waals surface area contributed by atoms with Gasteiger partial charge in [0.1, 0.15) is 11.5 Å². The number of pyridine rings is 1. The van der Waals surface area contributed by atoms with Gasteiger partial charge >= 0.3 is 0 Å². The van der Waals surface area contributed by atoms with Gasteiger partial charge in [0.25, 0.3) is 5.92 Å². The molecule has 0 spiro atoms. The average molecular weight is 332 g/mol. The minimum Gasteiger partial charge on any atom is -0.311 e. The average Bonchev–Trinajstić information content (AvgIpc) is 2.83. The van der Waals surface area contributed by atoms with Crippen molar-refractivity contribution in [2.24, 2.45) is 0 Å². The molecule has 0 aromatic carbocycles. The van der Waals surface area contributed by atoms with Crippen molar-refractivity contribution >= 4 is 22.6 Å². The van der Waals surface area contributed by atoms with Crippen LogP contribution in [0.3, 0.4) is 0 Å². The molecule has 3 heterocycles. The third-order valence-electron chi connectivity index (χ3n) is 3.34. The van der Waals surface area contributed by atoms with Crippen molar-refractivity contribution in [1.82, 2.24) is 24.7 Å². The number of carbonyl (C=O) groups excluding carboxylic acids is 1. The zero-order chi connectivity index (χ0) is 17.5. The Kier molecular flexibility index (Phi) is 3.70. The van der Waals surface area contributed by atoms with E-state index in [9.17, 15) is 13.6 Å². The van der Waals surface area contributed by atoms with Crippen molar-refractivity contribution in [3.05, 3.63) is 36.0 Å². The SMILES string of the molecule is CC(=O)Nc1cc2c(cn1)c(C)nn2-c1cncc(C(C)(F)F)n1. The van der Waals surface area contributed by atoms with Crippen molar-refractivity contribution in [1.29, 1.82) is 0 Å². The van der Waals surface area contributed by atoms with Crippen LogP contribution in [0.2, 0.25) is 0 Å². The number of aromatic nitrogens is 5. The second-order valence-corrected chi connectivity index (χ2v) is 5.42. The number of hydrogen-bond donors (Lipinski definition) is 1. The van der Waals surface area contributed by atoms with E-state index in [0.717, 1.165) is 18.5 Å². The van der Waals surface area contributed by atoms with E-state index < -0.39 is 11.6 Å². The normalized spacial score (nSPS) is 11.7. The first-order valence-corrected chi connectivity index (χ1v) is 7.09. The fraction of sp³-hybridized carbons (Fsp3) is 0.267. The number of halogens is 2. The van der Waals surface area contributed by atoms with Crippen LogP contribution in [0.15, 0.2) is 24.7 Å². The van der Waals surface area contributed by atoms with Gasteiger partial charge in [0, 0.05) is 31.5 Å². The second-order valence-electron chi connectivity index (χ2n) is 5.42. The zero-order valence-electron chi connectivity index (χ0n) is 13.2. The van der Waals surface area contributed by atoms with Gasteiger partial charge in [-0.15, -0.1) is 0 Å². The van der Waals surface area contributed by atoms with Gasteiger partial charge in [-0.05, 0) is 6.92 Å². The van der Waals surface area contributed by atoms with Gasteiger partial charge < -0.3 is 5.32 Å². The van der Waals surface area contributed by atoms with Gasteiger partial charge in [-0.1, -0.05) is 0 Å². The quantitative estimate of drug-likeness (QED) is 0.797. The number of hydrogen-bond acceptors (Lipinski definition) is 5. The van der Waals surface area contributed by atoms with E-state index in [1.165, 1.54) is 17.8 Å². The molecule has 0 aliphatic carbocycles. The van der Waals surface area contributed by atoms with E-state index in [1.54, 1.807) is 19.2 Å². The van der Waals surface area contributed by atoms with Crippen LogP contribution in [0.25, 0.3) is 16.7 Å². The summed E-state index contributed by atoms with van der Waals surface area (Å²) in [6.07, 6.45) is 3.93. The molecule has 9 heteroatoms. The zero-order valence-corrected chi connectivity index (χ0v) is 13.2. The lowest BCUT2D eigenvalue weighted by Gasteiger charge is -2.10. The molecular weight excluding hydrogens is 318 g/mol. The van der Waals surface area contributed by atoms with Crippen molar-refractivity contribution in [3.63, 3.8) is 0 Å². The number of carbonyl (C=O) groups is 1. The van der Waals surface area contributed by atoms with Crippen molar-refractivity contribution in [2.75, 3.05) is 5.32 Å². The van der Waals surface area contributed by atoms with Crippen LogP contribution in [0.1, 0.15) is 25.2 Å². The summed E-state index contributed by atoms with van der Waals surface area (Å²) in [6.45, 7) is 3.89. The largest absolute Gasteiger partial charge is 0.311 e. The molecule has 0 aliphatic rings. The number of rotatable bonds is 3. The van der Waals surface area contributed by atoms with Crippen LogP contribution < -0.4 is 5.32 Å². The number of nitrogens with one attached hydrogen (secondary N) is 1. The Bertz CT molecular complexity index is 931. The molecule has 0 fully saturated rings. The van der Waals surface area contributed by atoms with E-state index >= 15 is 0 Å². The number of amides is 1. The lowest BCUT2D eigenvalue weighted by molar-refractivity contribution is -0.114. The van der Waals surface area contributed by atoms with Gasteiger partial charge in [-0.2, -0.15) is 13.9 Å². The molecule has 0 saturated heterocycles. The van der Waals surface area contributed by atoms with Gasteiger partial charge in [0.15, 0.2) is 5.82 Å². The highest BCUT2D eigenvalue weighted by Gasteiger charge is 2.27. The summed E-state index contributed by atoms with van der Waals surface area (Å²) in [5, 5.41) is 7.62. The molecule has 0 aliphatic heterocycles. The molecule has 0 bridgehead atoms. The maximum atomic E-state index is 13.5. The van der Waals surface area contributed by atoms with Crippen LogP contribution in [0, 0.1) is 6.92 Å². The van der Waals surface area contributed by atoms with Crippen LogP contribution in [-0.2, 0) is 10.7 Å². The third kappa shape index (κ3) is 2.92. The Balaban J connectivity index is 2.17. The lowest BCUT2D eigenvalue weighted by atomic mass is 10.2. The standard InChI is InChI=1S/C15H14F2N6O/c1-8-10-5-19-13(20-9(2)24)4-11(10)23(22-8)14-7-18-6-12(21-14)15(3,16)17/h4-7H,1-3H3,(H,19,20,24). The molecule has 1 amide bonds. The predicted octanol–water partition coefficient (Wildman–Crippen LogP) is 2.59. The summed E-state index contributed by atoms with van der Waals surface area (Å²) in [6, 6.07) is 1.61. The highest BCUT2D eigenvalue weighted by Crippen LogP contribution is 2.26. The first-order chi connectivity index (χ1) is 11.3. The highest BCUT2D eigenvalue weighted by molar-refractivity contribution is 5.91. The van der Waals surface area contributed by atoms with Crippen LogP contribution >= 0.6 is 0 Å². The second kappa shape index (κ2) is 5.59. The predicted molar refractivity (Wildman–Crippen MR) is 83.1 cm³/mol. The van der Waals surface area contributed by atoms with Crippen LogP contribution in [0.4, 0.5) is 14.6 Å². The number of alkyl halides is 2. The molecule has 3 aromatic rings. The monoisotopic (exact) mass is 332 g/mol. The summed E-state index contributed by atoms with van der Waals surface area (Å²) in [4.78, 5) is 23.1. The van der Waals surface area contributed by atoms with E-state index in [1.807, 2.05) is 0 Å². The van der Waals surface area contributed by atoms with Gasteiger partial charge in [0.05, 0.1) is 23.6 Å². The molecule has 0 atom stereocenters. The Morgan fingerprint density at radius 1 is 1.29 bits per heavy atom. The summed E-state index contributed by atoms with van der Waals surface area (Å²) in [5.41, 5.74) is 0.789. The van der Waals surface area contributed by atoms with Crippen molar-refractivity contribution in [2.45, 2.75) is 26.7 Å². The molecule has 0 saturated carbocycles. The molecule has 24 heavy (non-hydrogen) atoms. The topological polar surface area (TPSA) is 85.6 Å².